The first-order chi connectivity index (χ1) is 13.7. The molecule has 0 aliphatic carbocycles. The van der Waals surface area contributed by atoms with Gasteiger partial charge in [0.1, 0.15) is 17.2 Å². The molecule has 0 saturated carbocycles. The van der Waals surface area contributed by atoms with Crippen LogP contribution in [0.3, 0.4) is 0 Å². The molecule has 144 valence electrons. The number of phenols is 1. The summed E-state index contributed by atoms with van der Waals surface area (Å²) in [6, 6.07) is 20.1. The van der Waals surface area contributed by atoms with Gasteiger partial charge in [-0.25, -0.2) is 0 Å². The Labute approximate surface area is 166 Å². The van der Waals surface area contributed by atoms with Crippen molar-refractivity contribution in [2.75, 3.05) is 20.8 Å². The van der Waals surface area contributed by atoms with Crippen molar-refractivity contribution in [2.45, 2.75) is 19.5 Å². The Morgan fingerprint density at radius 3 is 2.54 bits per heavy atom. The third-order valence-corrected chi connectivity index (χ3v) is 5.40. The predicted molar refractivity (Wildman–Crippen MR) is 111 cm³/mol. The summed E-state index contributed by atoms with van der Waals surface area (Å²) in [5.74, 6) is 1.88. The SMILES string of the molecule is COc1ccc(OC)c(-c2ccc(O)c(CN3CCc4ccccc4C3)c2)c1. The van der Waals surface area contributed by atoms with Crippen molar-refractivity contribution in [3.8, 4) is 28.4 Å². The monoisotopic (exact) mass is 375 g/mol. The topological polar surface area (TPSA) is 41.9 Å². The molecular formula is C24H25NO3. The highest BCUT2D eigenvalue weighted by atomic mass is 16.5. The molecule has 1 N–H and O–H groups in total. The van der Waals surface area contributed by atoms with Gasteiger partial charge in [0, 0.05) is 30.8 Å². The summed E-state index contributed by atoms with van der Waals surface area (Å²) in [5, 5.41) is 10.5. The van der Waals surface area contributed by atoms with E-state index in [-0.39, 0.29) is 0 Å². The van der Waals surface area contributed by atoms with Gasteiger partial charge in [-0.2, -0.15) is 0 Å². The normalized spacial score (nSPS) is 13.8. The van der Waals surface area contributed by atoms with E-state index in [1.165, 1.54) is 11.1 Å². The van der Waals surface area contributed by atoms with Crippen LogP contribution in [0.5, 0.6) is 17.2 Å². The zero-order chi connectivity index (χ0) is 19.5. The standard InChI is InChI=1S/C24H25NO3/c1-27-21-8-10-24(28-2)22(14-21)18-7-9-23(26)20(13-18)16-25-12-11-17-5-3-4-6-19(17)15-25/h3-10,13-14,26H,11-12,15-16H2,1-2H3. The maximum atomic E-state index is 10.5. The van der Waals surface area contributed by atoms with Crippen LogP contribution in [-0.4, -0.2) is 30.8 Å². The average Bonchev–Trinajstić information content (AvgIpc) is 2.74. The van der Waals surface area contributed by atoms with Gasteiger partial charge >= 0.3 is 0 Å². The molecule has 1 aliphatic heterocycles. The Balaban J connectivity index is 1.62. The van der Waals surface area contributed by atoms with Gasteiger partial charge in [-0.15, -0.1) is 0 Å². The lowest BCUT2D eigenvalue weighted by Gasteiger charge is -2.29. The fourth-order valence-electron chi connectivity index (χ4n) is 3.85. The lowest BCUT2D eigenvalue weighted by molar-refractivity contribution is 0.242. The molecule has 0 atom stereocenters. The van der Waals surface area contributed by atoms with Crippen LogP contribution in [0, 0.1) is 0 Å². The molecule has 0 amide bonds. The number of rotatable bonds is 5. The molecule has 4 nitrogen and oxygen atoms in total. The summed E-state index contributed by atoms with van der Waals surface area (Å²) in [4.78, 5) is 2.38. The highest BCUT2D eigenvalue weighted by Gasteiger charge is 2.18. The molecule has 28 heavy (non-hydrogen) atoms. The highest BCUT2D eigenvalue weighted by Crippen LogP contribution is 2.36. The number of aromatic hydroxyl groups is 1. The van der Waals surface area contributed by atoms with Gasteiger partial charge in [-0.05, 0) is 53.4 Å². The largest absolute Gasteiger partial charge is 0.508 e. The quantitative estimate of drug-likeness (QED) is 0.706. The Morgan fingerprint density at radius 1 is 0.929 bits per heavy atom. The molecule has 0 spiro atoms. The van der Waals surface area contributed by atoms with Crippen molar-refractivity contribution in [1.82, 2.24) is 4.90 Å². The fourth-order valence-corrected chi connectivity index (χ4v) is 3.85. The van der Waals surface area contributed by atoms with E-state index in [4.69, 9.17) is 9.47 Å². The first kappa shape index (κ1) is 18.4. The molecule has 0 unspecified atom stereocenters. The summed E-state index contributed by atoms with van der Waals surface area (Å²) in [5.41, 5.74) is 5.67. The van der Waals surface area contributed by atoms with E-state index in [2.05, 4.69) is 29.2 Å². The third-order valence-electron chi connectivity index (χ3n) is 5.40. The minimum atomic E-state index is 0.324. The molecule has 1 aliphatic rings. The van der Waals surface area contributed by atoms with E-state index in [0.717, 1.165) is 47.7 Å². The van der Waals surface area contributed by atoms with E-state index >= 15 is 0 Å². The van der Waals surface area contributed by atoms with E-state index < -0.39 is 0 Å². The molecule has 4 heteroatoms. The maximum absolute atomic E-state index is 10.5. The second-order valence-corrected chi connectivity index (χ2v) is 7.14. The van der Waals surface area contributed by atoms with E-state index in [9.17, 15) is 5.11 Å². The molecule has 0 radical (unpaired) electrons. The Kier molecular flexibility index (Phi) is 5.22. The lowest BCUT2D eigenvalue weighted by atomic mass is 9.98. The Bertz CT molecular complexity index is 983. The van der Waals surface area contributed by atoms with Crippen molar-refractivity contribution < 1.29 is 14.6 Å². The number of phenolic OH excluding ortho intramolecular Hbond substituents is 1. The summed E-state index contributed by atoms with van der Waals surface area (Å²) < 4.78 is 10.9. The number of ether oxygens (including phenoxy) is 2. The summed E-state index contributed by atoms with van der Waals surface area (Å²) in [7, 11) is 3.32. The van der Waals surface area contributed by atoms with Gasteiger partial charge < -0.3 is 14.6 Å². The molecule has 0 saturated heterocycles. The Hall–Kier alpha value is -2.98. The minimum absolute atomic E-state index is 0.324. The molecular weight excluding hydrogens is 350 g/mol. The van der Waals surface area contributed by atoms with Gasteiger partial charge in [-0.1, -0.05) is 30.3 Å². The van der Waals surface area contributed by atoms with E-state index in [0.29, 0.717) is 12.3 Å². The molecule has 1 heterocycles. The van der Waals surface area contributed by atoms with Crippen LogP contribution in [0.2, 0.25) is 0 Å². The van der Waals surface area contributed by atoms with Gasteiger partial charge in [0.05, 0.1) is 14.2 Å². The van der Waals surface area contributed by atoms with Crippen molar-refractivity contribution in [3.05, 3.63) is 77.4 Å². The second-order valence-electron chi connectivity index (χ2n) is 7.14. The van der Waals surface area contributed by atoms with Gasteiger partial charge in [0.2, 0.25) is 0 Å². The first-order valence-corrected chi connectivity index (χ1v) is 9.51. The molecule has 3 aromatic rings. The van der Waals surface area contributed by atoms with E-state index in [1.54, 1.807) is 20.3 Å². The van der Waals surface area contributed by atoms with Crippen LogP contribution in [0.15, 0.2) is 60.7 Å². The van der Waals surface area contributed by atoms with E-state index in [1.807, 2.05) is 30.3 Å². The lowest BCUT2D eigenvalue weighted by Crippen LogP contribution is -2.30. The maximum Gasteiger partial charge on any atom is 0.126 e. The van der Waals surface area contributed by atoms with Crippen LogP contribution >= 0.6 is 0 Å². The van der Waals surface area contributed by atoms with Crippen LogP contribution in [0.25, 0.3) is 11.1 Å². The summed E-state index contributed by atoms with van der Waals surface area (Å²) >= 11 is 0. The van der Waals surface area contributed by atoms with Crippen molar-refractivity contribution in [1.29, 1.82) is 0 Å². The molecule has 0 bridgehead atoms. The van der Waals surface area contributed by atoms with Crippen molar-refractivity contribution >= 4 is 0 Å². The molecule has 0 fully saturated rings. The van der Waals surface area contributed by atoms with Crippen molar-refractivity contribution in [2.24, 2.45) is 0 Å². The predicted octanol–water partition coefficient (Wildman–Crippen LogP) is 4.63. The zero-order valence-electron chi connectivity index (χ0n) is 16.3. The van der Waals surface area contributed by atoms with Crippen LogP contribution < -0.4 is 9.47 Å². The number of benzene rings is 3. The van der Waals surface area contributed by atoms with Crippen molar-refractivity contribution in [3.63, 3.8) is 0 Å². The summed E-state index contributed by atoms with van der Waals surface area (Å²) in [6.07, 6.45) is 1.04. The second kappa shape index (κ2) is 7.95. The Morgan fingerprint density at radius 2 is 1.75 bits per heavy atom. The number of hydrogen-bond donors (Lipinski definition) is 1. The van der Waals surface area contributed by atoms with Gasteiger partial charge in [0.25, 0.3) is 0 Å². The number of nitrogens with zero attached hydrogens (tertiary/aromatic N) is 1. The first-order valence-electron chi connectivity index (χ1n) is 9.51. The highest BCUT2D eigenvalue weighted by molar-refractivity contribution is 5.73. The smallest absolute Gasteiger partial charge is 0.126 e. The van der Waals surface area contributed by atoms with Crippen LogP contribution in [0.4, 0.5) is 0 Å². The molecule has 3 aromatic carbocycles. The molecule has 4 rings (SSSR count). The molecule has 0 aromatic heterocycles. The minimum Gasteiger partial charge on any atom is -0.508 e. The number of fused-ring (bicyclic) bond motifs is 1. The number of hydrogen-bond acceptors (Lipinski definition) is 4. The fraction of sp³-hybridized carbons (Fsp3) is 0.250. The summed E-state index contributed by atoms with van der Waals surface area (Å²) in [6.45, 7) is 2.60. The number of methoxy groups -OCH3 is 2. The van der Waals surface area contributed by atoms with Gasteiger partial charge in [-0.3, -0.25) is 4.90 Å². The van der Waals surface area contributed by atoms with Crippen LogP contribution in [0.1, 0.15) is 16.7 Å². The average molecular weight is 375 g/mol. The zero-order valence-corrected chi connectivity index (χ0v) is 16.3. The van der Waals surface area contributed by atoms with Gasteiger partial charge in [0.15, 0.2) is 0 Å². The third kappa shape index (κ3) is 3.69. The van der Waals surface area contributed by atoms with Crippen LogP contribution in [-0.2, 0) is 19.5 Å².